The van der Waals surface area contributed by atoms with Gasteiger partial charge in [-0.2, -0.15) is 4.31 Å². The molecule has 0 N–H and O–H groups in total. The Morgan fingerprint density at radius 3 is 2.00 bits per heavy atom. The lowest BCUT2D eigenvalue weighted by Crippen LogP contribution is -2.49. The van der Waals surface area contributed by atoms with Gasteiger partial charge in [-0.3, -0.25) is 4.18 Å². The summed E-state index contributed by atoms with van der Waals surface area (Å²) < 4.78 is 7.34. The minimum absolute atomic E-state index is 0.238. The smallest absolute Gasteiger partial charge is 0.135 e. The SMILES string of the molecule is CC1OSN1C(C)(C)C. The molecular weight excluding hydrogens is 134 g/mol. The summed E-state index contributed by atoms with van der Waals surface area (Å²) >= 11 is 1.45. The van der Waals surface area contributed by atoms with Gasteiger partial charge in [-0.15, -0.1) is 0 Å². The Kier molecular flexibility index (Phi) is 1.76. The molecule has 1 saturated heterocycles. The lowest BCUT2D eigenvalue weighted by atomic mass is 10.1. The first kappa shape index (κ1) is 7.38. The first-order chi connectivity index (χ1) is 4.02. The van der Waals surface area contributed by atoms with E-state index in [0.717, 1.165) is 0 Å². The van der Waals surface area contributed by atoms with Gasteiger partial charge >= 0.3 is 0 Å². The quantitative estimate of drug-likeness (QED) is 0.384. The number of nitrogens with zero attached hydrogens (tertiary/aromatic N) is 1. The monoisotopic (exact) mass is 147 g/mol. The predicted octanol–water partition coefficient (Wildman–Crippen LogP) is 2.03. The van der Waals surface area contributed by atoms with E-state index in [1.807, 2.05) is 0 Å². The van der Waals surface area contributed by atoms with Crippen LogP contribution in [0.3, 0.4) is 0 Å². The van der Waals surface area contributed by atoms with E-state index < -0.39 is 0 Å². The van der Waals surface area contributed by atoms with Crippen LogP contribution in [-0.4, -0.2) is 16.1 Å². The van der Waals surface area contributed by atoms with E-state index in [1.54, 1.807) is 0 Å². The van der Waals surface area contributed by atoms with Gasteiger partial charge in [0.1, 0.15) is 6.23 Å². The molecule has 0 spiro atoms. The fraction of sp³-hybridized carbons (Fsp3) is 1.00. The molecule has 0 aliphatic carbocycles. The summed E-state index contributed by atoms with van der Waals surface area (Å²) in [4.78, 5) is 0. The van der Waals surface area contributed by atoms with Gasteiger partial charge in [0.2, 0.25) is 0 Å². The Balaban J connectivity index is 2.44. The van der Waals surface area contributed by atoms with Crippen molar-refractivity contribution in [1.29, 1.82) is 0 Å². The third kappa shape index (κ3) is 1.39. The molecule has 0 radical (unpaired) electrons. The lowest BCUT2D eigenvalue weighted by molar-refractivity contribution is 0.00850. The highest BCUT2D eigenvalue weighted by Gasteiger charge is 2.36. The highest BCUT2D eigenvalue weighted by molar-refractivity contribution is 7.93. The second-order valence-corrected chi connectivity index (χ2v) is 4.00. The summed E-state index contributed by atoms with van der Waals surface area (Å²) in [6.07, 6.45) is 0.287. The van der Waals surface area contributed by atoms with Crippen LogP contribution in [0.1, 0.15) is 27.7 Å². The molecule has 0 aromatic carbocycles. The number of hydrogen-bond acceptors (Lipinski definition) is 3. The van der Waals surface area contributed by atoms with Crippen molar-refractivity contribution in [2.24, 2.45) is 0 Å². The van der Waals surface area contributed by atoms with Crippen molar-refractivity contribution in [1.82, 2.24) is 4.31 Å². The van der Waals surface area contributed by atoms with Crippen LogP contribution >= 0.6 is 12.2 Å². The maximum atomic E-state index is 5.11. The van der Waals surface area contributed by atoms with E-state index >= 15 is 0 Å². The van der Waals surface area contributed by atoms with Gasteiger partial charge in [0.05, 0.1) is 12.2 Å². The fourth-order valence-corrected chi connectivity index (χ4v) is 1.40. The first-order valence-corrected chi connectivity index (χ1v) is 3.84. The van der Waals surface area contributed by atoms with Crippen molar-refractivity contribution in [3.8, 4) is 0 Å². The Morgan fingerprint density at radius 2 is 2.00 bits per heavy atom. The molecule has 1 unspecified atom stereocenters. The molecular formula is C6H13NOS. The third-order valence-corrected chi connectivity index (χ3v) is 2.62. The van der Waals surface area contributed by atoms with Gasteiger partial charge < -0.3 is 0 Å². The minimum Gasteiger partial charge on any atom is -0.281 e. The second-order valence-electron chi connectivity index (χ2n) is 3.27. The Hall–Kier alpha value is 0.270. The molecule has 2 nitrogen and oxygen atoms in total. The van der Waals surface area contributed by atoms with E-state index in [9.17, 15) is 0 Å². The molecule has 0 aromatic rings. The van der Waals surface area contributed by atoms with Crippen molar-refractivity contribution < 1.29 is 4.18 Å². The van der Waals surface area contributed by atoms with Gasteiger partial charge in [-0.25, -0.2) is 0 Å². The van der Waals surface area contributed by atoms with E-state index in [2.05, 4.69) is 32.0 Å². The van der Waals surface area contributed by atoms with Crippen molar-refractivity contribution in [3.05, 3.63) is 0 Å². The highest BCUT2D eigenvalue weighted by Crippen LogP contribution is 2.37. The van der Waals surface area contributed by atoms with Crippen molar-refractivity contribution in [2.45, 2.75) is 39.5 Å². The summed E-state index contributed by atoms with van der Waals surface area (Å²) in [7, 11) is 0. The third-order valence-electron chi connectivity index (χ3n) is 1.25. The molecule has 1 aliphatic heterocycles. The van der Waals surface area contributed by atoms with Crippen molar-refractivity contribution in [2.75, 3.05) is 0 Å². The van der Waals surface area contributed by atoms with Crippen LogP contribution in [0.15, 0.2) is 0 Å². The molecule has 0 bridgehead atoms. The van der Waals surface area contributed by atoms with Crippen molar-refractivity contribution in [3.63, 3.8) is 0 Å². The van der Waals surface area contributed by atoms with Crippen LogP contribution in [0.25, 0.3) is 0 Å². The normalized spacial score (nSPS) is 30.0. The predicted molar refractivity (Wildman–Crippen MR) is 39.7 cm³/mol. The standard InChI is InChI=1S/C6H13NOS/c1-5-7(9-8-5)6(2,3)4/h5H,1-4H3. The fourth-order valence-electron chi connectivity index (χ4n) is 0.829. The minimum atomic E-state index is 0.238. The zero-order valence-corrected chi connectivity index (χ0v) is 7.16. The second kappa shape index (κ2) is 2.15. The molecule has 54 valence electrons. The maximum absolute atomic E-state index is 5.11. The Morgan fingerprint density at radius 1 is 1.44 bits per heavy atom. The lowest BCUT2D eigenvalue weighted by Gasteiger charge is -2.44. The average molecular weight is 147 g/mol. The van der Waals surface area contributed by atoms with Gasteiger partial charge in [-0.05, 0) is 27.7 Å². The van der Waals surface area contributed by atoms with Crippen LogP contribution in [-0.2, 0) is 4.18 Å². The zero-order valence-electron chi connectivity index (χ0n) is 6.34. The van der Waals surface area contributed by atoms with E-state index in [1.165, 1.54) is 12.2 Å². The molecule has 0 aromatic heterocycles. The van der Waals surface area contributed by atoms with E-state index in [-0.39, 0.29) is 11.8 Å². The molecule has 1 heterocycles. The van der Waals surface area contributed by atoms with Crippen LogP contribution in [0.2, 0.25) is 0 Å². The average Bonchev–Trinajstić information content (AvgIpc) is 1.57. The number of rotatable bonds is 0. The molecule has 0 saturated carbocycles. The van der Waals surface area contributed by atoms with Gasteiger partial charge in [0, 0.05) is 5.54 Å². The number of hydrogen-bond donors (Lipinski definition) is 0. The van der Waals surface area contributed by atoms with E-state index in [4.69, 9.17) is 4.18 Å². The molecule has 1 fully saturated rings. The summed E-state index contributed by atoms with van der Waals surface area (Å²) in [6.45, 7) is 8.60. The van der Waals surface area contributed by atoms with E-state index in [0.29, 0.717) is 0 Å². The van der Waals surface area contributed by atoms with Gasteiger partial charge in [-0.1, -0.05) is 0 Å². The molecule has 3 heteroatoms. The van der Waals surface area contributed by atoms with Crippen LogP contribution in [0.5, 0.6) is 0 Å². The van der Waals surface area contributed by atoms with Crippen LogP contribution in [0, 0.1) is 0 Å². The van der Waals surface area contributed by atoms with Crippen molar-refractivity contribution >= 4 is 12.2 Å². The van der Waals surface area contributed by atoms with Gasteiger partial charge in [0.25, 0.3) is 0 Å². The highest BCUT2D eigenvalue weighted by atomic mass is 32.2. The Labute approximate surface area is 60.9 Å². The van der Waals surface area contributed by atoms with Crippen LogP contribution in [0.4, 0.5) is 0 Å². The maximum Gasteiger partial charge on any atom is 0.135 e. The van der Waals surface area contributed by atoms with Gasteiger partial charge in [0.15, 0.2) is 0 Å². The summed E-state index contributed by atoms with van der Waals surface area (Å²) in [5.74, 6) is 0. The summed E-state index contributed by atoms with van der Waals surface area (Å²) in [6, 6.07) is 0. The largest absolute Gasteiger partial charge is 0.281 e. The Bertz CT molecular complexity index is 110. The topological polar surface area (TPSA) is 12.5 Å². The summed E-state index contributed by atoms with van der Waals surface area (Å²) in [5, 5.41) is 0. The first-order valence-electron chi connectivity index (χ1n) is 3.14. The molecule has 9 heavy (non-hydrogen) atoms. The molecule has 1 aliphatic rings. The zero-order chi connectivity index (χ0) is 7.07. The molecule has 0 amide bonds. The van der Waals surface area contributed by atoms with Crippen LogP contribution < -0.4 is 0 Å². The molecule has 1 atom stereocenters. The summed E-state index contributed by atoms with van der Waals surface area (Å²) in [5.41, 5.74) is 0.238. The molecule has 1 rings (SSSR count).